The van der Waals surface area contributed by atoms with E-state index in [0.717, 1.165) is 35.1 Å². The van der Waals surface area contributed by atoms with Gasteiger partial charge in [-0.05, 0) is 26.0 Å². The summed E-state index contributed by atoms with van der Waals surface area (Å²) in [5, 5.41) is 0. The lowest BCUT2D eigenvalue weighted by Gasteiger charge is -2.19. The Hall–Kier alpha value is -1.84. The zero-order chi connectivity index (χ0) is 14.2. The van der Waals surface area contributed by atoms with Gasteiger partial charge in [0.15, 0.2) is 0 Å². The topological polar surface area (TPSA) is 56.7 Å². The number of pyridine rings is 1. The van der Waals surface area contributed by atoms with Gasteiger partial charge in [-0.1, -0.05) is 20.8 Å². The van der Waals surface area contributed by atoms with Crippen LogP contribution in [0.15, 0.2) is 18.3 Å². The van der Waals surface area contributed by atoms with E-state index < -0.39 is 0 Å². The normalized spacial score (nSPS) is 11.8. The fourth-order valence-corrected chi connectivity index (χ4v) is 2.18. The van der Waals surface area contributed by atoms with Gasteiger partial charge in [0.1, 0.15) is 17.3 Å². The Morgan fingerprint density at radius 3 is 2.37 bits per heavy atom. The summed E-state index contributed by atoms with van der Waals surface area (Å²) in [5.41, 5.74) is 9.03. The van der Waals surface area contributed by atoms with Crippen LogP contribution in [0, 0.1) is 6.92 Å². The maximum Gasteiger partial charge on any atom is 0.131 e. The molecule has 19 heavy (non-hydrogen) atoms. The lowest BCUT2D eigenvalue weighted by atomic mass is 9.95. The summed E-state index contributed by atoms with van der Waals surface area (Å²) < 4.78 is 2.08. The van der Waals surface area contributed by atoms with Crippen molar-refractivity contribution in [3.63, 3.8) is 0 Å². The summed E-state index contributed by atoms with van der Waals surface area (Å²) in [5.74, 6) is 1.74. The first-order chi connectivity index (χ1) is 8.84. The van der Waals surface area contributed by atoms with E-state index in [1.807, 2.05) is 25.3 Å². The van der Waals surface area contributed by atoms with E-state index >= 15 is 0 Å². The summed E-state index contributed by atoms with van der Waals surface area (Å²) in [6.07, 6.45) is 1.83. The summed E-state index contributed by atoms with van der Waals surface area (Å²) >= 11 is 0. The van der Waals surface area contributed by atoms with Crippen LogP contribution in [0.2, 0.25) is 0 Å². The Kier molecular flexibility index (Phi) is 3.35. The highest BCUT2D eigenvalue weighted by Crippen LogP contribution is 2.31. The van der Waals surface area contributed by atoms with Gasteiger partial charge in [0.25, 0.3) is 0 Å². The van der Waals surface area contributed by atoms with Gasteiger partial charge >= 0.3 is 0 Å². The smallest absolute Gasteiger partial charge is 0.131 e. The van der Waals surface area contributed by atoms with Crippen LogP contribution >= 0.6 is 0 Å². The molecule has 0 amide bonds. The zero-order valence-corrected chi connectivity index (χ0v) is 12.4. The lowest BCUT2D eigenvalue weighted by molar-refractivity contribution is 0.508. The van der Waals surface area contributed by atoms with Crippen molar-refractivity contribution in [3.05, 3.63) is 29.8 Å². The molecule has 0 aromatic carbocycles. The number of nitrogen functional groups attached to an aromatic ring is 1. The van der Waals surface area contributed by atoms with Gasteiger partial charge in [0, 0.05) is 29.4 Å². The molecule has 0 bridgehead atoms. The summed E-state index contributed by atoms with van der Waals surface area (Å²) in [6.45, 7) is 11.3. The van der Waals surface area contributed by atoms with Crippen LogP contribution in [0.4, 0.5) is 5.82 Å². The molecule has 0 saturated carbocycles. The Morgan fingerprint density at radius 1 is 1.26 bits per heavy atom. The minimum atomic E-state index is -0.0273. The fourth-order valence-electron chi connectivity index (χ4n) is 2.18. The van der Waals surface area contributed by atoms with Crippen LogP contribution in [0.1, 0.15) is 39.2 Å². The predicted octanol–water partition coefficient (Wildman–Crippen LogP) is 3.15. The van der Waals surface area contributed by atoms with E-state index in [-0.39, 0.29) is 5.41 Å². The van der Waals surface area contributed by atoms with E-state index in [2.05, 4.69) is 37.2 Å². The number of imidazole rings is 1. The second-order valence-electron chi connectivity index (χ2n) is 5.85. The molecule has 0 aliphatic rings. The largest absolute Gasteiger partial charge is 0.383 e. The van der Waals surface area contributed by atoms with Gasteiger partial charge in [0.2, 0.25) is 0 Å². The molecule has 0 aliphatic carbocycles. The molecular formula is C15H22N4. The molecule has 0 radical (unpaired) electrons. The van der Waals surface area contributed by atoms with E-state index in [1.54, 1.807) is 0 Å². The van der Waals surface area contributed by atoms with Crippen LogP contribution in [0.3, 0.4) is 0 Å². The first-order valence-electron chi connectivity index (χ1n) is 6.64. The quantitative estimate of drug-likeness (QED) is 0.900. The van der Waals surface area contributed by atoms with E-state index in [1.165, 1.54) is 0 Å². The van der Waals surface area contributed by atoms with Crippen molar-refractivity contribution >= 4 is 5.82 Å². The monoisotopic (exact) mass is 258 g/mol. The maximum atomic E-state index is 6.25. The average molecular weight is 258 g/mol. The van der Waals surface area contributed by atoms with Crippen LogP contribution in [0.5, 0.6) is 0 Å². The minimum Gasteiger partial charge on any atom is -0.383 e. The number of rotatable bonds is 2. The number of anilines is 1. The Balaban J connectivity index is 2.59. The van der Waals surface area contributed by atoms with Crippen molar-refractivity contribution in [1.82, 2.24) is 14.5 Å². The molecular weight excluding hydrogens is 236 g/mol. The van der Waals surface area contributed by atoms with Crippen LogP contribution in [-0.4, -0.2) is 14.5 Å². The number of nitrogens with two attached hydrogens (primary N) is 1. The summed E-state index contributed by atoms with van der Waals surface area (Å²) in [4.78, 5) is 9.07. The summed E-state index contributed by atoms with van der Waals surface area (Å²) in [6, 6.07) is 4.00. The molecule has 0 spiro atoms. The maximum absolute atomic E-state index is 6.25. The molecule has 2 aromatic rings. The molecule has 4 heteroatoms. The summed E-state index contributed by atoms with van der Waals surface area (Å²) in [7, 11) is 0. The van der Waals surface area contributed by atoms with Gasteiger partial charge in [0.05, 0.1) is 0 Å². The molecule has 2 aromatic heterocycles. The van der Waals surface area contributed by atoms with Crippen molar-refractivity contribution < 1.29 is 0 Å². The van der Waals surface area contributed by atoms with Gasteiger partial charge in [-0.2, -0.15) is 0 Å². The Labute approximate surface area is 114 Å². The minimum absolute atomic E-state index is 0.0273. The third kappa shape index (κ3) is 2.48. The number of hydrogen-bond acceptors (Lipinski definition) is 3. The van der Waals surface area contributed by atoms with Crippen molar-refractivity contribution in [2.75, 3.05) is 5.73 Å². The molecule has 0 unspecified atom stereocenters. The highest BCUT2D eigenvalue weighted by atomic mass is 15.1. The molecule has 4 nitrogen and oxygen atoms in total. The van der Waals surface area contributed by atoms with E-state index in [9.17, 15) is 0 Å². The second-order valence-corrected chi connectivity index (χ2v) is 5.85. The zero-order valence-electron chi connectivity index (χ0n) is 12.4. The SMILES string of the molecule is CCn1c(C(C)(C)C)nc(-c2ccc(C)nc2)c1N. The number of hydrogen-bond donors (Lipinski definition) is 1. The van der Waals surface area contributed by atoms with Crippen molar-refractivity contribution in [3.8, 4) is 11.3 Å². The Morgan fingerprint density at radius 2 is 1.95 bits per heavy atom. The fraction of sp³-hybridized carbons (Fsp3) is 0.467. The van der Waals surface area contributed by atoms with Crippen LogP contribution in [-0.2, 0) is 12.0 Å². The molecule has 2 N–H and O–H groups in total. The number of nitrogens with zero attached hydrogens (tertiary/aromatic N) is 3. The molecule has 0 atom stereocenters. The molecule has 2 rings (SSSR count). The average Bonchev–Trinajstić information content (AvgIpc) is 2.67. The third-order valence-corrected chi connectivity index (χ3v) is 3.18. The molecule has 0 saturated heterocycles. The van der Waals surface area contributed by atoms with Crippen LogP contribution < -0.4 is 5.73 Å². The van der Waals surface area contributed by atoms with Crippen LogP contribution in [0.25, 0.3) is 11.3 Å². The third-order valence-electron chi connectivity index (χ3n) is 3.18. The van der Waals surface area contributed by atoms with Crippen molar-refractivity contribution in [1.29, 1.82) is 0 Å². The predicted molar refractivity (Wildman–Crippen MR) is 79.0 cm³/mol. The molecule has 2 heterocycles. The first kappa shape index (κ1) is 13.6. The first-order valence-corrected chi connectivity index (χ1v) is 6.64. The Bertz CT molecular complexity index is 573. The van der Waals surface area contributed by atoms with Gasteiger partial charge in [-0.25, -0.2) is 4.98 Å². The molecule has 0 aliphatic heterocycles. The van der Waals surface area contributed by atoms with Gasteiger partial charge < -0.3 is 10.3 Å². The second kappa shape index (κ2) is 4.68. The van der Waals surface area contributed by atoms with Gasteiger partial charge in [-0.15, -0.1) is 0 Å². The van der Waals surface area contributed by atoms with E-state index in [0.29, 0.717) is 0 Å². The number of aryl methyl sites for hydroxylation is 1. The number of aromatic nitrogens is 3. The molecule has 0 fully saturated rings. The highest BCUT2D eigenvalue weighted by molar-refractivity contribution is 5.70. The van der Waals surface area contributed by atoms with E-state index in [4.69, 9.17) is 10.7 Å². The molecule has 102 valence electrons. The van der Waals surface area contributed by atoms with Gasteiger partial charge in [-0.3, -0.25) is 4.98 Å². The standard InChI is InChI=1S/C15H22N4/c1-6-19-13(16)12(18-14(19)15(3,4)5)11-8-7-10(2)17-9-11/h7-9H,6,16H2,1-5H3. The lowest BCUT2D eigenvalue weighted by Crippen LogP contribution is -2.19. The van der Waals surface area contributed by atoms with Crippen molar-refractivity contribution in [2.45, 2.75) is 46.6 Å². The van der Waals surface area contributed by atoms with Crippen molar-refractivity contribution in [2.24, 2.45) is 0 Å². The highest BCUT2D eigenvalue weighted by Gasteiger charge is 2.24.